The third kappa shape index (κ3) is 9.42. The van der Waals surface area contributed by atoms with Crippen LogP contribution in [-0.2, 0) is 32.5 Å². The number of rotatable bonds is 14. The van der Waals surface area contributed by atoms with E-state index in [4.69, 9.17) is 33.7 Å². The van der Waals surface area contributed by atoms with Crippen LogP contribution in [0.4, 0.5) is 18.9 Å². The summed E-state index contributed by atoms with van der Waals surface area (Å²) in [5.41, 5.74) is 5.40. The molecule has 0 spiro atoms. The molecule has 0 aromatic heterocycles. The smallest absolute Gasteiger partial charge is 0.416 e. The van der Waals surface area contributed by atoms with Gasteiger partial charge in [0.15, 0.2) is 6.23 Å². The lowest BCUT2D eigenvalue weighted by Crippen LogP contribution is -2.52. The van der Waals surface area contributed by atoms with Crippen molar-refractivity contribution in [3.63, 3.8) is 0 Å². The molecule has 1 amide bonds. The summed E-state index contributed by atoms with van der Waals surface area (Å²) in [6, 6.07) is 8.52. The molecule has 1 saturated heterocycles. The number of ether oxygens (including phenoxy) is 1. The first-order chi connectivity index (χ1) is 20.8. The Bertz CT molecular complexity index is 1270. The summed E-state index contributed by atoms with van der Waals surface area (Å²) in [7, 11) is 0. The number of thioether (sulfide) groups is 1. The molecule has 244 valence electrons. The molecule has 0 aliphatic carbocycles. The molecule has 2 atom stereocenters. The highest BCUT2D eigenvalue weighted by Crippen LogP contribution is 2.39. The van der Waals surface area contributed by atoms with Gasteiger partial charge in [-0.2, -0.15) is 24.9 Å². The van der Waals surface area contributed by atoms with Crippen molar-refractivity contribution in [1.82, 2.24) is 10.2 Å². The van der Waals surface area contributed by atoms with E-state index in [2.05, 4.69) is 5.32 Å². The second-order valence-electron chi connectivity index (χ2n) is 10.8. The predicted molar refractivity (Wildman–Crippen MR) is 172 cm³/mol. The lowest BCUT2D eigenvalue weighted by atomic mass is 9.85. The first kappa shape index (κ1) is 36.3. The second-order valence-corrected chi connectivity index (χ2v) is 12.6. The summed E-state index contributed by atoms with van der Waals surface area (Å²) >= 11 is 13.7. The monoisotopic (exact) mass is 676 g/mol. The number of nitrogens with one attached hydrogen (secondary N) is 1. The number of anilines is 1. The Morgan fingerprint density at radius 3 is 2.39 bits per heavy atom. The third-order valence-electron chi connectivity index (χ3n) is 7.70. The van der Waals surface area contributed by atoms with E-state index in [-0.39, 0.29) is 24.3 Å². The second kappa shape index (κ2) is 16.4. The first-order valence-electron chi connectivity index (χ1n) is 14.7. The lowest BCUT2D eigenvalue weighted by Gasteiger charge is -2.40. The molecule has 3 rings (SSSR count). The molecule has 13 heteroatoms. The first-order valence-corrected chi connectivity index (χ1v) is 16.9. The fourth-order valence-corrected chi connectivity index (χ4v) is 6.23. The molecule has 44 heavy (non-hydrogen) atoms. The molecule has 2 unspecified atom stereocenters. The minimum Gasteiger partial charge on any atom is -0.445 e. The van der Waals surface area contributed by atoms with Crippen LogP contribution in [0.3, 0.4) is 0 Å². The molecule has 1 aliphatic heterocycles. The van der Waals surface area contributed by atoms with E-state index < -0.39 is 29.5 Å². The number of nitrogens with zero attached hydrogens (tertiary/aromatic N) is 2. The van der Waals surface area contributed by atoms with E-state index in [0.717, 1.165) is 24.1 Å². The van der Waals surface area contributed by atoms with Gasteiger partial charge in [0.25, 0.3) is 0 Å². The van der Waals surface area contributed by atoms with E-state index in [1.807, 2.05) is 25.0 Å². The Labute approximate surface area is 271 Å². The van der Waals surface area contributed by atoms with Crippen LogP contribution in [0, 0.1) is 0 Å². The number of alkyl halides is 3. The van der Waals surface area contributed by atoms with Gasteiger partial charge >= 0.3 is 12.1 Å². The summed E-state index contributed by atoms with van der Waals surface area (Å²) in [4.78, 5) is 30.4. The minimum atomic E-state index is -4.63. The zero-order chi connectivity index (χ0) is 32.5. The van der Waals surface area contributed by atoms with Crippen LogP contribution in [0.5, 0.6) is 0 Å². The van der Waals surface area contributed by atoms with Gasteiger partial charge in [-0.25, -0.2) is 4.79 Å². The molecular formula is C31H41Cl2F3N4O3S. The van der Waals surface area contributed by atoms with Gasteiger partial charge in [0, 0.05) is 53.9 Å². The summed E-state index contributed by atoms with van der Waals surface area (Å²) < 4.78 is 47.6. The summed E-state index contributed by atoms with van der Waals surface area (Å²) in [5.74, 6) is -0.396. The number of amides is 1. The standard InChI is InChI=1S/C31H41Cl2F3N4O3S/c1-4-6-27(38-5-2)43-29(42)30(37,13-18-44-3)24-19-22(31(34,35)36)9-11-26(24)39-14-16-40(17-15-39)28(41)12-8-21-7-10-23(32)20-25(21)33/h7,9-11,19-20,27,38H,4-6,8,12-18,37H2,1-3H3. The van der Waals surface area contributed by atoms with E-state index in [1.54, 1.807) is 23.1 Å². The van der Waals surface area contributed by atoms with Gasteiger partial charge in [-0.05, 0) is 73.7 Å². The van der Waals surface area contributed by atoms with Crippen LogP contribution in [0.1, 0.15) is 56.2 Å². The van der Waals surface area contributed by atoms with Gasteiger partial charge in [0.2, 0.25) is 5.91 Å². The van der Waals surface area contributed by atoms with Crippen LogP contribution in [0.25, 0.3) is 0 Å². The van der Waals surface area contributed by atoms with Crippen molar-refractivity contribution in [3.8, 4) is 0 Å². The number of piperazine rings is 1. The molecule has 1 heterocycles. The molecule has 3 N–H and O–H groups in total. The van der Waals surface area contributed by atoms with Crippen LogP contribution >= 0.6 is 35.0 Å². The molecule has 0 bridgehead atoms. The number of carbonyl (C=O) groups excluding carboxylic acids is 2. The maximum atomic E-state index is 13.9. The zero-order valence-corrected chi connectivity index (χ0v) is 27.6. The Morgan fingerprint density at radius 2 is 1.80 bits per heavy atom. The normalized spacial score (nSPS) is 16.0. The van der Waals surface area contributed by atoms with Crippen molar-refractivity contribution in [2.45, 2.75) is 63.9 Å². The number of hydrogen-bond donors (Lipinski definition) is 2. The van der Waals surface area contributed by atoms with E-state index in [1.165, 1.54) is 17.8 Å². The highest BCUT2D eigenvalue weighted by atomic mass is 35.5. The average Bonchev–Trinajstić information content (AvgIpc) is 2.99. The quantitative estimate of drug-likeness (QED) is 0.175. The van der Waals surface area contributed by atoms with Crippen LogP contribution < -0.4 is 16.0 Å². The predicted octanol–water partition coefficient (Wildman–Crippen LogP) is 6.48. The largest absolute Gasteiger partial charge is 0.445 e. The highest BCUT2D eigenvalue weighted by molar-refractivity contribution is 7.98. The molecule has 2 aromatic carbocycles. The van der Waals surface area contributed by atoms with Gasteiger partial charge in [0.05, 0.1) is 5.56 Å². The zero-order valence-electron chi connectivity index (χ0n) is 25.3. The third-order valence-corrected chi connectivity index (χ3v) is 8.90. The van der Waals surface area contributed by atoms with Crippen LogP contribution in [0.15, 0.2) is 36.4 Å². The van der Waals surface area contributed by atoms with Gasteiger partial charge in [-0.15, -0.1) is 0 Å². The maximum Gasteiger partial charge on any atom is 0.416 e. The van der Waals surface area contributed by atoms with Crippen LogP contribution in [-0.4, -0.2) is 67.7 Å². The number of carbonyl (C=O) groups is 2. The lowest BCUT2D eigenvalue weighted by molar-refractivity contribution is -0.158. The van der Waals surface area contributed by atoms with Crippen molar-refractivity contribution in [1.29, 1.82) is 0 Å². The maximum absolute atomic E-state index is 13.9. The van der Waals surface area contributed by atoms with Crippen LogP contribution in [0.2, 0.25) is 10.0 Å². The van der Waals surface area contributed by atoms with E-state index in [0.29, 0.717) is 67.1 Å². The SMILES string of the molecule is CCCC(NCC)OC(=O)C(N)(CCSC)c1cc(C(F)(F)F)ccc1N1CCN(C(=O)CCc2ccc(Cl)cc2Cl)CC1. The number of nitrogens with two attached hydrogens (primary N) is 1. The van der Waals surface area contributed by atoms with E-state index in [9.17, 15) is 22.8 Å². The molecule has 1 fully saturated rings. The van der Waals surface area contributed by atoms with Crippen molar-refractivity contribution in [2.75, 3.05) is 49.6 Å². The molecule has 0 saturated carbocycles. The Balaban J connectivity index is 1.86. The fourth-order valence-electron chi connectivity index (χ4n) is 5.20. The van der Waals surface area contributed by atoms with E-state index >= 15 is 0 Å². The average molecular weight is 678 g/mol. The number of benzene rings is 2. The number of halogens is 5. The van der Waals surface area contributed by atoms with Crippen molar-refractivity contribution >= 4 is 52.5 Å². The topological polar surface area (TPSA) is 87.9 Å². The molecular weight excluding hydrogens is 636 g/mol. The summed E-state index contributed by atoms with van der Waals surface area (Å²) in [5, 5.41) is 4.12. The van der Waals surface area contributed by atoms with Crippen molar-refractivity contribution in [2.24, 2.45) is 5.73 Å². The van der Waals surface area contributed by atoms with Crippen molar-refractivity contribution < 1.29 is 27.5 Å². The van der Waals surface area contributed by atoms with Gasteiger partial charge in [-0.3, -0.25) is 10.1 Å². The number of hydrogen-bond acceptors (Lipinski definition) is 7. The Kier molecular flexibility index (Phi) is 13.5. The molecule has 7 nitrogen and oxygen atoms in total. The molecule has 1 aliphatic rings. The molecule has 2 aromatic rings. The summed E-state index contributed by atoms with van der Waals surface area (Å²) in [6.45, 7) is 5.81. The van der Waals surface area contributed by atoms with Gasteiger partial charge in [0.1, 0.15) is 5.54 Å². The van der Waals surface area contributed by atoms with Gasteiger partial charge in [-0.1, -0.05) is 49.5 Å². The van der Waals surface area contributed by atoms with Crippen molar-refractivity contribution in [3.05, 3.63) is 63.1 Å². The Morgan fingerprint density at radius 1 is 1.09 bits per heavy atom. The number of esters is 1. The summed E-state index contributed by atoms with van der Waals surface area (Å²) in [6.07, 6.45) is -1.34. The molecule has 0 radical (unpaired) electrons. The Hall–Kier alpha value is -2.18. The highest BCUT2D eigenvalue weighted by Gasteiger charge is 2.43. The minimum absolute atomic E-state index is 0.0505. The fraction of sp³-hybridized carbons (Fsp3) is 0.548. The number of aryl methyl sites for hydroxylation is 1. The van der Waals surface area contributed by atoms with Gasteiger partial charge < -0.3 is 20.3 Å².